The van der Waals surface area contributed by atoms with Crippen LogP contribution in [0.2, 0.25) is 0 Å². The Morgan fingerprint density at radius 3 is 2.52 bits per heavy atom. The van der Waals surface area contributed by atoms with Gasteiger partial charge in [-0.05, 0) is 84.2 Å². The van der Waals surface area contributed by atoms with Gasteiger partial charge in [0, 0.05) is 16.4 Å². The molecule has 0 bridgehead atoms. The molecule has 3 aromatic rings. The number of aromatic nitrogens is 1. The highest BCUT2D eigenvalue weighted by molar-refractivity contribution is 9.10. The molecule has 0 unspecified atom stereocenters. The third-order valence-corrected chi connectivity index (χ3v) is 6.44. The average molecular weight is 451 g/mol. The topological polar surface area (TPSA) is 62.2 Å². The van der Waals surface area contributed by atoms with Crippen molar-refractivity contribution in [2.24, 2.45) is 0 Å². The molecule has 2 N–H and O–H groups in total. The summed E-state index contributed by atoms with van der Waals surface area (Å²) in [7, 11) is 0. The molecule has 29 heavy (non-hydrogen) atoms. The Morgan fingerprint density at radius 2 is 1.83 bits per heavy atom. The highest BCUT2D eigenvalue weighted by Crippen LogP contribution is 2.42. The second kappa shape index (κ2) is 8.09. The van der Waals surface area contributed by atoms with Crippen molar-refractivity contribution in [1.29, 1.82) is 0 Å². The Balaban J connectivity index is 1.64. The van der Waals surface area contributed by atoms with Crippen LogP contribution in [0.15, 0.2) is 53.1 Å². The SMILES string of the molecule is Cc1c(Br)cccc1-c1cccc(NC(=O)c2cc(C3CC3)c(CO)cn2)c1C. The van der Waals surface area contributed by atoms with Gasteiger partial charge in [-0.3, -0.25) is 9.78 Å². The summed E-state index contributed by atoms with van der Waals surface area (Å²) >= 11 is 3.60. The third-order valence-electron chi connectivity index (χ3n) is 5.58. The first-order valence-corrected chi connectivity index (χ1v) is 10.5. The number of benzene rings is 2. The molecule has 1 aliphatic carbocycles. The summed E-state index contributed by atoms with van der Waals surface area (Å²) in [6.07, 6.45) is 3.83. The Morgan fingerprint density at radius 1 is 1.14 bits per heavy atom. The average Bonchev–Trinajstić information content (AvgIpc) is 3.56. The monoisotopic (exact) mass is 450 g/mol. The molecule has 4 rings (SSSR count). The van der Waals surface area contributed by atoms with Gasteiger partial charge in [-0.1, -0.05) is 40.2 Å². The van der Waals surface area contributed by atoms with Crippen molar-refractivity contribution < 1.29 is 9.90 Å². The lowest BCUT2D eigenvalue weighted by molar-refractivity contribution is 0.102. The van der Waals surface area contributed by atoms with Crippen molar-refractivity contribution in [3.05, 3.63) is 81.1 Å². The Hall–Kier alpha value is -2.50. The lowest BCUT2D eigenvalue weighted by atomic mass is 9.95. The van der Waals surface area contributed by atoms with Crippen LogP contribution in [0.5, 0.6) is 0 Å². The van der Waals surface area contributed by atoms with Gasteiger partial charge in [-0.2, -0.15) is 0 Å². The molecule has 4 nitrogen and oxygen atoms in total. The van der Waals surface area contributed by atoms with Gasteiger partial charge < -0.3 is 10.4 Å². The maximum atomic E-state index is 12.9. The van der Waals surface area contributed by atoms with E-state index in [-0.39, 0.29) is 12.5 Å². The molecule has 0 saturated heterocycles. The number of nitrogens with zero attached hydrogens (tertiary/aromatic N) is 1. The van der Waals surface area contributed by atoms with Crippen molar-refractivity contribution in [2.45, 2.75) is 39.2 Å². The predicted octanol–water partition coefficient (Wildman–Crippen LogP) is 5.75. The van der Waals surface area contributed by atoms with Crippen molar-refractivity contribution in [3.8, 4) is 11.1 Å². The van der Waals surface area contributed by atoms with Gasteiger partial charge in [-0.25, -0.2) is 0 Å². The van der Waals surface area contributed by atoms with Crippen molar-refractivity contribution in [2.75, 3.05) is 5.32 Å². The van der Waals surface area contributed by atoms with Crippen LogP contribution in [0.3, 0.4) is 0 Å². The molecule has 0 aliphatic heterocycles. The summed E-state index contributed by atoms with van der Waals surface area (Å²) in [6, 6.07) is 13.9. The molecule has 0 atom stereocenters. The number of carbonyl (C=O) groups is 1. The summed E-state index contributed by atoms with van der Waals surface area (Å²) in [6.45, 7) is 4.05. The van der Waals surface area contributed by atoms with Crippen LogP contribution in [0.1, 0.15) is 51.5 Å². The summed E-state index contributed by atoms with van der Waals surface area (Å²) < 4.78 is 1.06. The van der Waals surface area contributed by atoms with Crippen LogP contribution in [0, 0.1) is 13.8 Å². The van der Waals surface area contributed by atoms with Crippen LogP contribution in [-0.2, 0) is 6.61 Å². The van der Waals surface area contributed by atoms with Crippen LogP contribution in [0.25, 0.3) is 11.1 Å². The number of anilines is 1. The Labute approximate surface area is 179 Å². The first kappa shape index (κ1) is 19.8. The summed E-state index contributed by atoms with van der Waals surface area (Å²) in [5.41, 5.74) is 7.40. The molecular formula is C24H23BrN2O2. The van der Waals surface area contributed by atoms with E-state index in [0.717, 1.165) is 56.4 Å². The summed E-state index contributed by atoms with van der Waals surface area (Å²) in [5, 5.41) is 12.6. The number of aliphatic hydroxyl groups excluding tert-OH is 1. The molecule has 1 amide bonds. The van der Waals surface area contributed by atoms with E-state index in [9.17, 15) is 9.90 Å². The molecule has 148 valence electrons. The highest BCUT2D eigenvalue weighted by Gasteiger charge is 2.27. The standard InChI is InChI=1S/C24H23BrN2O2/c1-14-18(5-3-7-21(14)25)19-6-4-8-22(15(19)2)27-24(29)23-11-20(16-9-10-16)17(13-28)12-26-23/h3-8,11-12,16,28H,9-10,13H2,1-2H3,(H,27,29). The molecule has 0 radical (unpaired) electrons. The first-order chi connectivity index (χ1) is 14.0. The second-order valence-electron chi connectivity index (χ2n) is 7.55. The fourth-order valence-corrected chi connectivity index (χ4v) is 4.04. The maximum absolute atomic E-state index is 12.9. The van der Waals surface area contributed by atoms with Crippen LogP contribution in [-0.4, -0.2) is 16.0 Å². The molecule has 2 aromatic carbocycles. The number of halogens is 1. The zero-order valence-corrected chi connectivity index (χ0v) is 18.1. The summed E-state index contributed by atoms with van der Waals surface area (Å²) in [4.78, 5) is 17.2. The second-order valence-corrected chi connectivity index (χ2v) is 8.40. The van der Waals surface area contributed by atoms with Gasteiger partial charge in [0.25, 0.3) is 5.91 Å². The minimum Gasteiger partial charge on any atom is -0.392 e. The molecule has 1 fully saturated rings. The Bertz CT molecular complexity index is 1090. The number of carbonyl (C=O) groups excluding carboxylic acids is 1. The molecular weight excluding hydrogens is 428 g/mol. The molecule has 0 spiro atoms. The van der Waals surface area contributed by atoms with Gasteiger partial charge >= 0.3 is 0 Å². The van der Waals surface area contributed by atoms with Crippen molar-refractivity contribution in [3.63, 3.8) is 0 Å². The number of hydrogen-bond donors (Lipinski definition) is 2. The van der Waals surface area contributed by atoms with Gasteiger partial charge in [0.05, 0.1) is 6.61 Å². The number of amides is 1. The smallest absolute Gasteiger partial charge is 0.274 e. The van der Waals surface area contributed by atoms with Crippen LogP contribution in [0.4, 0.5) is 5.69 Å². The maximum Gasteiger partial charge on any atom is 0.274 e. The van der Waals surface area contributed by atoms with Crippen molar-refractivity contribution >= 4 is 27.5 Å². The lowest BCUT2D eigenvalue weighted by Gasteiger charge is -2.15. The zero-order chi connectivity index (χ0) is 20.5. The predicted molar refractivity (Wildman–Crippen MR) is 119 cm³/mol. The van der Waals surface area contributed by atoms with E-state index in [1.54, 1.807) is 6.20 Å². The minimum atomic E-state index is -0.234. The molecule has 1 saturated carbocycles. The molecule has 1 aromatic heterocycles. The van der Waals surface area contributed by atoms with Crippen molar-refractivity contribution in [1.82, 2.24) is 4.98 Å². The number of nitrogens with one attached hydrogen (secondary N) is 1. The van der Waals surface area contributed by atoms with E-state index in [2.05, 4.69) is 45.3 Å². The van der Waals surface area contributed by atoms with E-state index < -0.39 is 0 Å². The zero-order valence-electron chi connectivity index (χ0n) is 16.5. The van der Waals surface area contributed by atoms with Crippen LogP contribution >= 0.6 is 15.9 Å². The van der Waals surface area contributed by atoms with Gasteiger partial charge in [0.15, 0.2) is 0 Å². The van der Waals surface area contributed by atoms with E-state index in [1.807, 2.05) is 37.3 Å². The fourth-order valence-electron chi connectivity index (χ4n) is 3.68. The fraction of sp³-hybridized carbons (Fsp3) is 0.250. The largest absolute Gasteiger partial charge is 0.392 e. The van der Waals surface area contributed by atoms with Crippen LogP contribution < -0.4 is 5.32 Å². The van der Waals surface area contributed by atoms with E-state index in [1.165, 1.54) is 0 Å². The van der Waals surface area contributed by atoms with Gasteiger partial charge in [0.2, 0.25) is 0 Å². The quantitative estimate of drug-likeness (QED) is 0.519. The van der Waals surface area contributed by atoms with E-state index in [4.69, 9.17) is 0 Å². The molecule has 1 heterocycles. The first-order valence-electron chi connectivity index (χ1n) is 9.75. The molecule has 5 heteroatoms. The summed E-state index contributed by atoms with van der Waals surface area (Å²) in [5.74, 6) is 0.207. The number of rotatable bonds is 5. The minimum absolute atomic E-state index is 0.0477. The van der Waals surface area contributed by atoms with E-state index in [0.29, 0.717) is 11.6 Å². The lowest BCUT2D eigenvalue weighted by Crippen LogP contribution is -2.15. The normalized spacial score (nSPS) is 13.4. The number of pyridine rings is 1. The Kier molecular flexibility index (Phi) is 5.52. The molecule has 1 aliphatic rings. The van der Waals surface area contributed by atoms with E-state index >= 15 is 0 Å². The van der Waals surface area contributed by atoms with Gasteiger partial charge in [-0.15, -0.1) is 0 Å². The number of hydrogen-bond acceptors (Lipinski definition) is 3. The third kappa shape index (κ3) is 3.98. The number of aliphatic hydroxyl groups is 1. The highest BCUT2D eigenvalue weighted by atomic mass is 79.9. The van der Waals surface area contributed by atoms with Gasteiger partial charge in [0.1, 0.15) is 5.69 Å².